The molecule has 0 aliphatic heterocycles. The molecule has 0 bridgehead atoms. The average molecular weight is 367 g/mol. The molecule has 2 rings (SSSR count). The highest BCUT2D eigenvalue weighted by atomic mass is 35.5. The van der Waals surface area contributed by atoms with Gasteiger partial charge in [-0.3, -0.25) is 0 Å². The van der Waals surface area contributed by atoms with Gasteiger partial charge in [0.1, 0.15) is 25.0 Å². The molecule has 2 aromatic rings. The fourth-order valence-corrected chi connectivity index (χ4v) is 2.53. The summed E-state index contributed by atoms with van der Waals surface area (Å²) in [5.74, 6) is 2.16. The lowest BCUT2D eigenvalue weighted by atomic mass is 10.1. The van der Waals surface area contributed by atoms with Crippen molar-refractivity contribution in [3.8, 4) is 17.2 Å². The number of aliphatic hydroxyl groups is 1. The molecule has 0 fully saturated rings. The zero-order valence-corrected chi connectivity index (χ0v) is 15.3. The first-order chi connectivity index (χ1) is 12.1. The van der Waals surface area contributed by atoms with E-state index in [1.54, 1.807) is 38.5 Å². The second-order valence-corrected chi connectivity index (χ2v) is 6.11. The number of quaternary nitrogens is 1. The summed E-state index contributed by atoms with van der Waals surface area (Å²) in [5.41, 5.74) is 1.17. The molecule has 0 saturated heterocycles. The van der Waals surface area contributed by atoms with Crippen molar-refractivity contribution in [3.63, 3.8) is 0 Å². The summed E-state index contributed by atoms with van der Waals surface area (Å²) in [7, 11) is 3.25. The van der Waals surface area contributed by atoms with Gasteiger partial charge in [0.25, 0.3) is 0 Å². The molecule has 0 aliphatic carbocycles. The van der Waals surface area contributed by atoms with E-state index in [-0.39, 0.29) is 6.61 Å². The fraction of sp³-hybridized carbons (Fsp3) is 0.368. The van der Waals surface area contributed by atoms with Gasteiger partial charge < -0.3 is 24.6 Å². The predicted octanol–water partition coefficient (Wildman–Crippen LogP) is 1.90. The maximum Gasteiger partial charge on any atom is 0.160 e. The highest BCUT2D eigenvalue weighted by Gasteiger charge is 2.09. The molecule has 0 spiro atoms. The highest BCUT2D eigenvalue weighted by molar-refractivity contribution is 6.30. The van der Waals surface area contributed by atoms with Crippen LogP contribution in [0.15, 0.2) is 42.5 Å². The van der Waals surface area contributed by atoms with Crippen molar-refractivity contribution in [2.75, 3.05) is 33.9 Å². The van der Waals surface area contributed by atoms with Gasteiger partial charge in [-0.2, -0.15) is 0 Å². The molecule has 6 heteroatoms. The Morgan fingerprint density at radius 3 is 2.44 bits per heavy atom. The number of methoxy groups -OCH3 is 2. The van der Waals surface area contributed by atoms with Crippen LogP contribution in [0.2, 0.25) is 5.02 Å². The van der Waals surface area contributed by atoms with Crippen LogP contribution in [0.3, 0.4) is 0 Å². The van der Waals surface area contributed by atoms with E-state index >= 15 is 0 Å². The maximum absolute atomic E-state index is 9.99. The number of nitrogens with two attached hydrogens (primary N) is 1. The fourth-order valence-electron chi connectivity index (χ4n) is 2.41. The first-order valence-electron chi connectivity index (χ1n) is 8.21. The normalized spacial score (nSPS) is 11.8. The number of hydrogen-bond acceptors (Lipinski definition) is 4. The van der Waals surface area contributed by atoms with Crippen molar-refractivity contribution in [1.29, 1.82) is 0 Å². The van der Waals surface area contributed by atoms with Crippen molar-refractivity contribution in [2.24, 2.45) is 0 Å². The number of aliphatic hydroxyl groups excluding tert-OH is 1. The average Bonchev–Trinajstić information content (AvgIpc) is 2.64. The van der Waals surface area contributed by atoms with Gasteiger partial charge in [-0.1, -0.05) is 17.7 Å². The molecule has 0 saturated carbocycles. The van der Waals surface area contributed by atoms with E-state index in [1.165, 1.54) is 5.56 Å². The monoisotopic (exact) mass is 366 g/mol. The van der Waals surface area contributed by atoms with Crippen LogP contribution in [0, 0.1) is 0 Å². The molecular formula is C19H25ClNO4+. The highest BCUT2D eigenvalue weighted by Crippen LogP contribution is 2.27. The summed E-state index contributed by atoms with van der Waals surface area (Å²) in [6.07, 6.45) is 0.353. The second kappa shape index (κ2) is 10.1. The summed E-state index contributed by atoms with van der Waals surface area (Å²) in [4.78, 5) is 0. The van der Waals surface area contributed by atoms with Crippen LogP contribution in [0.5, 0.6) is 17.2 Å². The maximum atomic E-state index is 9.99. The van der Waals surface area contributed by atoms with Gasteiger partial charge in [-0.25, -0.2) is 0 Å². The number of ether oxygens (including phenoxy) is 3. The Hall–Kier alpha value is -1.95. The van der Waals surface area contributed by atoms with Crippen LogP contribution in [-0.4, -0.2) is 45.1 Å². The summed E-state index contributed by atoms with van der Waals surface area (Å²) in [5, 5.41) is 12.7. The molecule has 0 unspecified atom stereocenters. The van der Waals surface area contributed by atoms with E-state index in [1.807, 2.05) is 18.2 Å². The number of rotatable bonds is 10. The molecule has 5 nitrogen and oxygen atoms in total. The number of benzene rings is 2. The topological polar surface area (TPSA) is 64.5 Å². The van der Waals surface area contributed by atoms with Gasteiger partial charge in [0.05, 0.1) is 20.8 Å². The van der Waals surface area contributed by atoms with Crippen LogP contribution < -0.4 is 19.5 Å². The van der Waals surface area contributed by atoms with Crippen LogP contribution >= 0.6 is 11.6 Å². The van der Waals surface area contributed by atoms with Crippen LogP contribution in [-0.2, 0) is 6.42 Å². The third kappa shape index (κ3) is 6.46. The van der Waals surface area contributed by atoms with E-state index in [9.17, 15) is 5.11 Å². The molecule has 2 aromatic carbocycles. The van der Waals surface area contributed by atoms with E-state index in [2.05, 4.69) is 5.32 Å². The first kappa shape index (κ1) is 19.4. The first-order valence-corrected chi connectivity index (χ1v) is 8.59. The zero-order valence-electron chi connectivity index (χ0n) is 14.6. The number of hydrogen-bond donors (Lipinski definition) is 2. The van der Waals surface area contributed by atoms with E-state index in [4.69, 9.17) is 25.8 Å². The Morgan fingerprint density at radius 2 is 1.76 bits per heavy atom. The minimum Gasteiger partial charge on any atom is -0.493 e. The van der Waals surface area contributed by atoms with E-state index in [0.29, 0.717) is 17.3 Å². The third-order valence-corrected chi connectivity index (χ3v) is 4.03. The molecule has 1 atom stereocenters. The molecule has 0 heterocycles. The Balaban J connectivity index is 1.67. The molecule has 0 radical (unpaired) electrons. The van der Waals surface area contributed by atoms with Gasteiger partial charge in [0.15, 0.2) is 11.5 Å². The quantitative estimate of drug-likeness (QED) is 0.630. The molecule has 0 aliphatic rings. The van der Waals surface area contributed by atoms with Crippen LogP contribution in [0.25, 0.3) is 0 Å². The third-order valence-electron chi connectivity index (χ3n) is 3.78. The van der Waals surface area contributed by atoms with Crippen molar-refractivity contribution in [1.82, 2.24) is 0 Å². The molecule has 25 heavy (non-hydrogen) atoms. The van der Waals surface area contributed by atoms with Crippen molar-refractivity contribution < 1.29 is 24.6 Å². The Morgan fingerprint density at radius 1 is 1.04 bits per heavy atom. The van der Waals surface area contributed by atoms with Crippen molar-refractivity contribution in [2.45, 2.75) is 12.5 Å². The molecule has 136 valence electrons. The van der Waals surface area contributed by atoms with Gasteiger partial charge in [-0.05, 0) is 42.0 Å². The summed E-state index contributed by atoms with van der Waals surface area (Å²) >= 11 is 5.82. The van der Waals surface area contributed by atoms with E-state index in [0.717, 1.165) is 24.5 Å². The summed E-state index contributed by atoms with van der Waals surface area (Å²) < 4.78 is 16.1. The molecule has 0 amide bonds. The van der Waals surface area contributed by atoms with Crippen molar-refractivity contribution >= 4 is 11.6 Å². The lowest BCUT2D eigenvalue weighted by Crippen LogP contribution is -2.87. The minimum absolute atomic E-state index is 0.258. The SMILES string of the molecule is COc1ccc(CC[NH2+]C[C@H](O)COc2ccc(Cl)cc2)cc1OC. The van der Waals surface area contributed by atoms with E-state index < -0.39 is 6.10 Å². The van der Waals surface area contributed by atoms with Gasteiger partial charge in [0, 0.05) is 11.4 Å². The smallest absolute Gasteiger partial charge is 0.160 e. The summed E-state index contributed by atoms with van der Waals surface area (Å²) in [6.45, 7) is 1.71. The lowest BCUT2D eigenvalue weighted by molar-refractivity contribution is -0.660. The predicted molar refractivity (Wildman–Crippen MR) is 97.9 cm³/mol. The molecule has 0 aromatic heterocycles. The van der Waals surface area contributed by atoms with Gasteiger partial charge in [-0.15, -0.1) is 0 Å². The Kier molecular flexibility index (Phi) is 7.85. The van der Waals surface area contributed by atoms with Crippen LogP contribution in [0.4, 0.5) is 0 Å². The second-order valence-electron chi connectivity index (χ2n) is 5.67. The Bertz CT molecular complexity index is 648. The molecule has 3 N–H and O–H groups in total. The Labute approximate surface area is 153 Å². The lowest BCUT2D eigenvalue weighted by Gasteiger charge is -2.12. The minimum atomic E-state index is -0.527. The largest absolute Gasteiger partial charge is 0.493 e. The number of halogens is 1. The van der Waals surface area contributed by atoms with Crippen LogP contribution in [0.1, 0.15) is 5.56 Å². The van der Waals surface area contributed by atoms with Gasteiger partial charge in [0.2, 0.25) is 0 Å². The van der Waals surface area contributed by atoms with Gasteiger partial charge >= 0.3 is 0 Å². The molecular weight excluding hydrogens is 342 g/mol. The van der Waals surface area contributed by atoms with Crippen molar-refractivity contribution in [3.05, 3.63) is 53.1 Å². The summed E-state index contributed by atoms with van der Waals surface area (Å²) in [6, 6.07) is 13.0. The zero-order chi connectivity index (χ0) is 18.1. The standard InChI is InChI=1S/C19H24ClNO4/c1-23-18-8-3-14(11-19(18)24-2)9-10-21-12-16(22)13-25-17-6-4-15(20)5-7-17/h3-8,11,16,21-22H,9-10,12-13H2,1-2H3/p+1/t16-/m0/s1.